The van der Waals surface area contributed by atoms with E-state index in [1.807, 2.05) is 27.7 Å². The summed E-state index contributed by atoms with van der Waals surface area (Å²) in [4.78, 5) is 0. The van der Waals surface area contributed by atoms with Crippen LogP contribution >= 0.6 is 0 Å². The van der Waals surface area contributed by atoms with Crippen molar-refractivity contribution in [2.24, 2.45) is 11.8 Å². The monoisotopic (exact) mass is 389 g/mol. The molecule has 164 valence electrons. The molecule has 2 atom stereocenters. The van der Waals surface area contributed by atoms with Crippen molar-refractivity contribution in [1.29, 1.82) is 5.26 Å². The molecule has 0 aromatic heterocycles. The second-order valence-electron chi connectivity index (χ2n) is 6.33. The second-order valence-corrected chi connectivity index (χ2v) is 6.33. The molecule has 28 heavy (non-hydrogen) atoms. The summed E-state index contributed by atoms with van der Waals surface area (Å²) in [7, 11) is 4.61. The van der Waals surface area contributed by atoms with Gasteiger partial charge >= 0.3 is 0 Å². The Bertz CT molecular complexity index is 350. The van der Waals surface area contributed by atoms with Gasteiger partial charge in [-0.15, -0.1) is 12.6 Å². The zero-order valence-corrected chi connectivity index (χ0v) is 21.1. The third-order valence-electron chi connectivity index (χ3n) is 3.23. The number of unbranched alkanes of at least 4 members (excludes halogenated alkanes) is 2. The summed E-state index contributed by atoms with van der Waals surface area (Å²) in [6.07, 6.45) is 16.4. The average molecular weight is 390 g/mol. The molecule has 0 bridgehead atoms. The molecular formula is C26H52BN. The van der Waals surface area contributed by atoms with E-state index >= 15 is 0 Å². The molecule has 1 rings (SSSR count). The summed E-state index contributed by atoms with van der Waals surface area (Å²) in [5.74, 6) is 2.94. The highest BCUT2D eigenvalue weighted by atomic mass is 14.2. The third-order valence-corrected chi connectivity index (χ3v) is 3.23. The molecule has 0 aromatic carbocycles. The molecule has 0 N–H and O–H groups in total. The van der Waals surface area contributed by atoms with Crippen molar-refractivity contribution in [1.82, 2.24) is 0 Å². The molecule has 0 spiro atoms. The second kappa shape index (κ2) is 40.5. The normalized spacial score (nSPS) is 13.9. The van der Waals surface area contributed by atoms with Gasteiger partial charge in [-0.05, 0) is 24.7 Å². The van der Waals surface area contributed by atoms with Crippen molar-refractivity contribution in [3.63, 3.8) is 0 Å². The van der Waals surface area contributed by atoms with Crippen LogP contribution in [0.5, 0.6) is 0 Å². The van der Waals surface area contributed by atoms with E-state index in [4.69, 9.17) is 5.26 Å². The van der Waals surface area contributed by atoms with Crippen LogP contribution in [0.3, 0.4) is 0 Å². The van der Waals surface area contributed by atoms with Crippen molar-refractivity contribution in [3.8, 4) is 6.07 Å². The van der Waals surface area contributed by atoms with Crippen LogP contribution in [0, 0.1) is 23.2 Å². The van der Waals surface area contributed by atoms with Crippen LogP contribution in [0.25, 0.3) is 0 Å². The third kappa shape index (κ3) is 44.3. The highest BCUT2D eigenvalue weighted by Crippen LogP contribution is 2.26. The van der Waals surface area contributed by atoms with E-state index in [1.54, 1.807) is 11.6 Å². The van der Waals surface area contributed by atoms with Crippen molar-refractivity contribution in [3.05, 3.63) is 36.4 Å². The minimum atomic E-state index is 0.826. The number of hydrogen-bond donors (Lipinski definition) is 0. The fourth-order valence-corrected chi connectivity index (χ4v) is 2.14. The molecule has 0 aromatic rings. The summed E-state index contributed by atoms with van der Waals surface area (Å²) in [5.41, 5.74) is 1.54. The maximum Gasteiger partial charge on any atom is 0.102 e. The van der Waals surface area contributed by atoms with Gasteiger partial charge < -0.3 is 0 Å². The molecule has 0 saturated carbocycles. The topological polar surface area (TPSA) is 23.8 Å². The van der Waals surface area contributed by atoms with E-state index in [0.29, 0.717) is 0 Å². The molecule has 0 amide bonds. The van der Waals surface area contributed by atoms with Crippen LogP contribution in [0.15, 0.2) is 36.4 Å². The van der Waals surface area contributed by atoms with Crippen LogP contribution in [0.1, 0.15) is 114 Å². The Morgan fingerprint density at radius 3 is 1.93 bits per heavy atom. The minimum absolute atomic E-state index is 0.826. The first kappa shape index (κ1) is 37.5. The molecule has 0 fully saturated rings. The summed E-state index contributed by atoms with van der Waals surface area (Å²) >= 11 is 0. The van der Waals surface area contributed by atoms with Gasteiger partial charge in [-0.2, -0.15) is 5.26 Å². The predicted molar refractivity (Wildman–Crippen MR) is 135 cm³/mol. The molecule has 0 heterocycles. The zero-order valence-electron chi connectivity index (χ0n) is 21.1. The lowest BCUT2D eigenvalue weighted by molar-refractivity contribution is 0.500. The summed E-state index contributed by atoms with van der Waals surface area (Å²) in [6.45, 7) is 23.7. The van der Waals surface area contributed by atoms with E-state index in [2.05, 4.69) is 67.3 Å². The van der Waals surface area contributed by atoms with Gasteiger partial charge in [0.15, 0.2) is 0 Å². The first-order valence-corrected chi connectivity index (χ1v) is 11.5. The summed E-state index contributed by atoms with van der Waals surface area (Å²) < 4.78 is 0. The Morgan fingerprint density at radius 1 is 1.21 bits per heavy atom. The standard InChI is InChI=1S/C15H26.C3H8.C2H3B.C2H3N.2C2H6/c1-4-5-6-8-13(2)9-7-10-15-11-14(3)12-15;1-3-2;2*1-2-3;2*1-2/h7,10-11,13-14H,4-6,8-9,12H2,1-3H3;3H2,1-2H3;2H,1H2;1H3;2*1-2H3/b10-7+;;;;;. The lowest BCUT2D eigenvalue weighted by Crippen LogP contribution is -2.03. The lowest BCUT2D eigenvalue weighted by Gasteiger charge is -2.18. The molecule has 2 radical (unpaired) electrons. The van der Waals surface area contributed by atoms with Gasteiger partial charge in [-0.3, -0.25) is 0 Å². The largest absolute Gasteiger partial charge is 0.199 e. The van der Waals surface area contributed by atoms with Crippen LogP contribution < -0.4 is 0 Å². The van der Waals surface area contributed by atoms with Gasteiger partial charge in [0.05, 0.1) is 6.07 Å². The molecule has 0 saturated heterocycles. The van der Waals surface area contributed by atoms with Gasteiger partial charge in [-0.1, -0.05) is 118 Å². The maximum absolute atomic E-state index is 7.32. The van der Waals surface area contributed by atoms with Crippen molar-refractivity contribution in [2.45, 2.75) is 114 Å². The molecule has 1 nitrogen and oxygen atoms in total. The molecule has 0 aliphatic heterocycles. The Kier molecular flexibility index (Phi) is 54.2. The first-order valence-electron chi connectivity index (χ1n) is 11.5. The quantitative estimate of drug-likeness (QED) is 0.314. The van der Waals surface area contributed by atoms with Crippen molar-refractivity contribution < 1.29 is 0 Å². The van der Waals surface area contributed by atoms with E-state index in [-0.39, 0.29) is 0 Å². The summed E-state index contributed by atoms with van der Waals surface area (Å²) in [6, 6.07) is 1.75. The highest BCUT2D eigenvalue weighted by molar-refractivity contribution is 6.16. The van der Waals surface area contributed by atoms with Crippen LogP contribution in [-0.4, -0.2) is 7.85 Å². The van der Waals surface area contributed by atoms with Gasteiger partial charge in [0.2, 0.25) is 0 Å². The number of hydrogen-bond acceptors (Lipinski definition) is 1. The minimum Gasteiger partial charge on any atom is -0.199 e. The highest BCUT2D eigenvalue weighted by Gasteiger charge is 2.10. The van der Waals surface area contributed by atoms with E-state index in [1.165, 1.54) is 57.8 Å². The average Bonchev–Trinajstić information content (AvgIpc) is 2.66. The predicted octanol–water partition coefficient (Wildman–Crippen LogP) is 9.41. The van der Waals surface area contributed by atoms with E-state index in [9.17, 15) is 0 Å². The van der Waals surface area contributed by atoms with E-state index in [0.717, 1.165) is 11.8 Å². The van der Waals surface area contributed by atoms with Crippen LogP contribution in [0.4, 0.5) is 0 Å². The van der Waals surface area contributed by atoms with E-state index < -0.39 is 0 Å². The molecule has 2 heteroatoms. The Labute approximate surface area is 181 Å². The maximum atomic E-state index is 7.32. The van der Waals surface area contributed by atoms with Gasteiger partial charge in [0.1, 0.15) is 7.85 Å². The molecule has 1 aliphatic carbocycles. The Hall–Kier alpha value is -1.23. The summed E-state index contributed by atoms with van der Waals surface area (Å²) in [5, 5.41) is 7.32. The van der Waals surface area contributed by atoms with Crippen LogP contribution in [-0.2, 0) is 0 Å². The number of nitrogens with zero attached hydrogens (tertiary/aromatic N) is 1. The lowest BCUT2D eigenvalue weighted by atomic mass is 9.87. The molecule has 2 unspecified atom stereocenters. The zero-order chi connectivity index (χ0) is 23.2. The smallest absolute Gasteiger partial charge is 0.102 e. The Morgan fingerprint density at radius 2 is 1.61 bits per heavy atom. The fraction of sp³-hybridized carbons (Fsp3) is 0.731. The Balaban J connectivity index is -0.000000113. The fourth-order valence-electron chi connectivity index (χ4n) is 2.14. The van der Waals surface area contributed by atoms with Gasteiger partial charge in [0.25, 0.3) is 0 Å². The SMILES string of the molecule is CC.CC.CC#N.CCC.CCCCCC(C)C/C=C/C1=CC(C)C1.[B]C=C. The number of allylic oxidation sites excluding steroid dienone is 4. The molecule has 1 aliphatic rings. The van der Waals surface area contributed by atoms with Gasteiger partial charge in [-0.25, -0.2) is 0 Å². The first-order chi connectivity index (χ1) is 13.5. The number of nitriles is 1. The molecular weight excluding hydrogens is 337 g/mol. The number of rotatable bonds is 7. The van der Waals surface area contributed by atoms with Crippen LogP contribution in [0.2, 0.25) is 0 Å². The van der Waals surface area contributed by atoms with Crippen molar-refractivity contribution >= 4 is 7.85 Å². The van der Waals surface area contributed by atoms with Gasteiger partial charge in [0, 0.05) is 6.92 Å². The van der Waals surface area contributed by atoms with Crippen molar-refractivity contribution in [2.75, 3.05) is 0 Å².